The summed E-state index contributed by atoms with van der Waals surface area (Å²) in [7, 11) is 0. The van der Waals surface area contributed by atoms with Gasteiger partial charge in [0.2, 0.25) is 0 Å². The second-order valence-electron chi connectivity index (χ2n) is 6.93. The third kappa shape index (κ3) is 3.63. The predicted molar refractivity (Wildman–Crippen MR) is 110 cm³/mol. The summed E-state index contributed by atoms with van der Waals surface area (Å²) in [6, 6.07) is 13.2. The number of rotatable bonds is 3. The third-order valence-corrected chi connectivity index (χ3v) is 4.70. The van der Waals surface area contributed by atoms with E-state index in [0.717, 1.165) is 33.8 Å². The molecule has 0 saturated carbocycles. The summed E-state index contributed by atoms with van der Waals surface area (Å²) in [5.41, 5.74) is 1.79. The number of aromatic amines is 1. The van der Waals surface area contributed by atoms with Crippen LogP contribution in [0.2, 0.25) is 0 Å². The topological polar surface area (TPSA) is 63.0 Å². The predicted octanol–water partition coefficient (Wildman–Crippen LogP) is 4.91. The van der Waals surface area contributed by atoms with Gasteiger partial charge in [-0.3, -0.25) is 4.79 Å². The van der Waals surface area contributed by atoms with Crippen molar-refractivity contribution in [1.82, 2.24) is 14.6 Å². The Bertz CT molecular complexity index is 1330. The molecule has 0 amide bonds. The minimum Gasteiger partial charge on any atom is -0.362 e. The Hall–Kier alpha value is -3.68. The summed E-state index contributed by atoms with van der Waals surface area (Å²) < 4.78 is 40.7. The minimum absolute atomic E-state index is 0.0333. The zero-order chi connectivity index (χ0) is 21.5. The van der Waals surface area contributed by atoms with Crippen molar-refractivity contribution in [2.24, 2.45) is 5.10 Å². The lowest BCUT2D eigenvalue weighted by molar-refractivity contribution is -0.137. The highest BCUT2D eigenvalue weighted by Gasteiger charge is 2.30. The monoisotopic (exact) mass is 410 g/mol. The van der Waals surface area contributed by atoms with Gasteiger partial charge in [0, 0.05) is 22.5 Å². The number of hydrogen-bond donors (Lipinski definition) is 1. The van der Waals surface area contributed by atoms with Crippen molar-refractivity contribution in [3.8, 4) is 11.4 Å². The molecule has 0 fully saturated rings. The van der Waals surface area contributed by atoms with E-state index in [0.29, 0.717) is 10.9 Å². The molecule has 0 saturated heterocycles. The normalized spacial score (nSPS) is 12.2. The second-order valence-corrected chi connectivity index (χ2v) is 6.93. The Morgan fingerprint density at radius 2 is 1.83 bits per heavy atom. The molecule has 152 valence electrons. The minimum atomic E-state index is -4.51. The summed E-state index contributed by atoms with van der Waals surface area (Å²) in [5.74, 6) is 0.0333. The van der Waals surface area contributed by atoms with Crippen molar-refractivity contribution >= 4 is 17.1 Å². The van der Waals surface area contributed by atoms with Gasteiger partial charge in [-0.1, -0.05) is 24.3 Å². The fourth-order valence-electron chi connectivity index (χ4n) is 3.25. The maximum atomic E-state index is 13.2. The van der Waals surface area contributed by atoms with Crippen molar-refractivity contribution < 1.29 is 13.2 Å². The van der Waals surface area contributed by atoms with Gasteiger partial charge < -0.3 is 4.98 Å². The van der Waals surface area contributed by atoms with Crippen LogP contribution in [0.1, 0.15) is 22.5 Å². The van der Waals surface area contributed by atoms with Gasteiger partial charge in [-0.05, 0) is 44.2 Å². The van der Waals surface area contributed by atoms with Gasteiger partial charge in [-0.25, -0.2) is 4.98 Å². The Kier molecular flexibility index (Phi) is 4.77. The Labute approximate surface area is 169 Å². The van der Waals surface area contributed by atoms with Crippen LogP contribution in [0.25, 0.3) is 22.3 Å². The second kappa shape index (κ2) is 7.29. The number of aromatic nitrogens is 3. The first kappa shape index (κ1) is 19.6. The Morgan fingerprint density at radius 1 is 1.07 bits per heavy atom. The first-order valence-electron chi connectivity index (χ1n) is 9.14. The number of benzene rings is 2. The van der Waals surface area contributed by atoms with Crippen molar-refractivity contribution in [2.75, 3.05) is 0 Å². The molecule has 0 atom stereocenters. The van der Waals surface area contributed by atoms with Crippen LogP contribution >= 0.6 is 0 Å². The fraction of sp³-hybridized carbons (Fsp3) is 0.136. The first-order chi connectivity index (χ1) is 14.2. The van der Waals surface area contributed by atoms with Gasteiger partial charge in [-0.2, -0.15) is 22.9 Å². The Morgan fingerprint density at radius 3 is 2.53 bits per heavy atom. The highest BCUT2D eigenvalue weighted by atomic mass is 19.4. The lowest BCUT2D eigenvalue weighted by atomic mass is 10.1. The van der Waals surface area contributed by atoms with E-state index in [1.54, 1.807) is 24.3 Å². The molecule has 0 bridgehead atoms. The van der Waals surface area contributed by atoms with Crippen LogP contribution in [-0.2, 0) is 6.18 Å². The molecule has 0 unspecified atom stereocenters. The van der Waals surface area contributed by atoms with E-state index in [9.17, 15) is 18.0 Å². The summed E-state index contributed by atoms with van der Waals surface area (Å²) >= 11 is 0. The van der Waals surface area contributed by atoms with Crippen molar-refractivity contribution in [2.45, 2.75) is 20.0 Å². The summed E-state index contributed by atoms with van der Waals surface area (Å²) in [5, 5.41) is 4.61. The van der Waals surface area contributed by atoms with E-state index in [2.05, 4.69) is 15.1 Å². The molecule has 2 aromatic heterocycles. The average Bonchev–Trinajstić information content (AvgIpc) is 3.03. The molecule has 0 aliphatic rings. The molecule has 1 N–H and O–H groups in total. The number of halogens is 3. The van der Waals surface area contributed by atoms with E-state index in [-0.39, 0.29) is 11.4 Å². The molecule has 0 aliphatic carbocycles. The maximum absolute atomic E-state index is 13.2. The number of nitrogens with one attached hydrogen (secondary N) is 1. The van der Waals surface area contributed by atoms with Gasteiger partial charge in [-0.15, -0.1) is 0 Å². The first-order valence-corrected chi connectivity index (χ1v) is 9.14. The highest BCUT2D eigenvalue weighted by Crippen LogP contribution is 2.31. The zero-order valence-electron chi connectivity index (χ0n) is 16.2. The van der Waals surface area contributed by atoms with Crippen LogP contribution in [0.15, 0.2) is 64.5 Å². The third-order valence-electron chi connectivity index (χ3n) is 4.70. The smallest absolute Gasteiger partial charge is 0.362 e. The standard InChI is InChI=1S/C22H17F3N4O/c1-13-10-16(14(2)27-13)12-26-29-20(15-6-5-7-17(11-15)22(23,24)25)28-19-9-4-3-8-18(19)21(29)30/h3-12,27H,1-2H3. The van der Waals surface area contributed by atoms with Crippen LogP contribution in [0.3, 0.4) is 0 Å². The summed E-state index contributed by atoms with van der Waals surface area (Å²) in [6.45, 7) is 3.76. The molecule has 2 heterocycles. The number of fused-ring (bicyclic) bond motifs is 1. The molecule has 0 aliphatic heterocycles. The van der Waals surface area contributed by atoms with Crippen molar-refractivity contribution in [3.05, 3.63) is 87.5 Å². The molecule has 0 radical (unpaired) electrons. The number of aryl methyl sites for hydroxylation is 2. The summed E-state index contributed by atoms with van der Waals surface area (Å²) in [4.78, 5) is 20.7. The number of alkyl halides is 3. The van der Waals surface area contributed by atoms with E-state index in [1.807, 2.05) is 19.9 Å². The van der Waals surface area contributed by atoms with E-state index in [4.69, 9.17) is 0 Å². The zero-order valence-corrected chi connectivity index (χ0v) is 16.2. The molecule has 30 heavy (non-hydrogen) atoms. The highest BCUT2D eigenvalue weighted by molar-refractivity contribution is 5.83. The van der Waals surface area contributed by atoms with Crippen LogP contribution in [0.4, 0.5) is 13.2 Å². The number of para-hydroxylation sites is 1. The van der Waals surface area contributed by atoms with E-state index < -0.39 is 17.3 Å². The SMILES string of the molecule is Cc1cc(C=Nn2c(-c3cccc(C(F)(F)F)c3)nc3ccccc3c2=O)c(C)[nH]1. The molecule has 0 spiro atoms. The van der Waals surface area contributed by atoms with Gasteiger partial charge in [0.15, 0.2) is 5.82 Å². The molecule has 8 heteroatoms. The number of H-pyrrole nitrogens is 1. The number of nitrogens with zero attached hydrogens (tertiary/aromatic N) is 3. The maximum Gasteiger partial charge on any atom is 0.416 e. The van der Waals surface area contributed by atoms with Gasteiger partial charge >= 0.3 is 6.18 Å². The number of hydrogen-bond acceptors (Lipinski definition) is 3. The molecular formula is C22H17F3N4O. The van der Waals surface area contributed by atoms with E-state index in [1.165, 1.54) is 18.3 Å². The largest absolute Gasteiger partial charge is 0.416 e. The molecule has 4 rings (SSSR count). The summed E-state index contributed by atoms with van der Waals surface area (Å²) in [6.07, 6.45) is -3.02. The molecule has 4 aromatic rings. The van der Waals surface area contributed by atoms with Crippen LogP contribution < -0.4 is 5.56 Å². The van der Waals surface area contributed by atoms with E-state index >= 15 is 0 Å². The van der Waals surface area contributed by atoms with Gasteiger partial charge in [0.1, 0.15) is 0 Å². The van der Waals surface area contributed by atoms with Crippen LogP contribution in [0.5, 0.6) is 0 Å². The van der Waals surface area contributed by atoms with Crippen LogP contribution in [0, 0.1) is 13.8 Å². The molecule has 5 nitrogen and oxygen atoms in total. The van der Waals surface area contributed by atoms with Crippen molar-refractivity contribution in [3.63, 3.8) is 0 Å². The van der Waals surface area contributed by atoms with Crippen molar-refractivity contribution in [1.29, 1.82) is 0 Å². The average molecular weight is 410 g/mol. The van der Waals surface area contributed by atoms with Gasteiger partial charge in [0.25, 0.3) is 5.56 Å². The Balaban J connectivity index is 1.96. The quantitative estimate of drug-likeness (QED) is 0.488. The lowest BCUT2D eigenvalue weighted by Crippen LogP contribution is -2.20. The van der Waals surface area contributed by atoms with Crippen LogP contribution in [-0.4, -0.2) is 20.9 Å². The fourth-order valence-corrected chi connectivity index (χ4v) is 3.25. The lowest BCUT2D eigenvalue weighted by Gasteiger charge is -2.12. The molecular weight excluding hydrogens is 393 g/mol. The van der Waals surface area contributed by atoms with Gasteiger partial charge in [0.05, 0.1) is 22.7 Å². The molecule has 2 aromatic carbocycles.